The number of alkyl halides is 3. The number of nitrogens with zero attached hydrogens (tertiary/aromatic N) is 2. The topological polar surface area (TPSA) is 53.4 Å². The van der Waals surface area contributed by atoms with E-state index in [1.54, 1.807) is 6.92 Å². The lowest BCUT2D eigenvalue weighted by Crippen LogP contribution is -2.14. The van der Waals surface area contributed by atoms with Crippen LogP contribution in [0, 0.1) is 13.8 Å². The first-order valence-electron chi connectivity index (χ1n) is 10.7. The van der Waals surface area contributed by atoms with Crippen LogP contribution in [0.1, 0.15) is 28.8 Å². The van der Waals surface area contributed by atoms with E-state index in [1.165, 1.54) is 23.5 Å². The molecule has 2 aromatic carbocycles. The van der Waals surface area contributed by atoms with Gasteiger partial charge in [0, 0.05) is 22.2 Å². The third-order valence-electron chi connectivity index (χ3n) is 5.39. The predicted octanol–water partition coefficient (Wildman–Crippen LogP) is 6.54. The second-order valence-electron chi connectivity index (χ2n) is 7.79. The van der Waals surface area contributed by atoms with Crippen molar-refractivity contribution in [3.8, 4) is 16.3 Å². The first-order valence-corrected chi connectivity index (χ1v) is 11.5. The third kappa shape index (κ3) is 5.09. The molecule has 0 aliphatic rings. The number of carbonyl (C=O) groups is 1. The van der Waals surface area contributed by atoms with Gasteiger partial charge < -0.3 is 14.0 Å². The van der Waals surface area contributed by atoms with Crippen molar-refractivity contribution < 1.29 is 27.4 Å². The molecular formula is C25H23F3N2O3S. The van der Waals surface area contributed by atoms with E-state index >= 15 is 0 Å². The Kier molecular flexibility index (Phi) is 6.65. The lowest BCUT2D eigenvalue weighted by Gasteiger charge is -2.09. The summed E-state index contributed by atoms with van der Waals surface area (Å²) in [6.45, 7) is 6.34. The van der Waals surface area contributed by atoms with E-state index in [1.807, 2.05) is 42.7 Å². The molecule has 34 heavy (non-hydrogen) atoms. The van der Waals surface area contributed by atoms with Crippen LogP contribution in [0.3, 0.4) is 0 Å². The molecule has 0 aliphatic carbocycles. The molecule has 4 aromatic rings. The maximum atomic E-state index is 12.8. The van der Waals surface area contributed by atoms with Crippen molar-refractivity contribution in [1.29, 1.82) is 0 Å². The Hall–Kier alpha value is -3.33. The lowest BCUT2D eigenvalue weighted by atomic mass is 10.1. The van der Waals surface area contributed by atoms with E-state index in [0.717, 1.165) is 39.3 Å². The summed E-state index contributed by atoms with van der Waals surface area (Å²) in [6.07, 6.45) is -4.37. The van der Waals surface area contributed by atoms with E-state index in [-0.39, 0.29) is 19.1 Å². The quantitative estimate of drug-likeness (QED) is 0.277. The highest BCUT2D eigenvalue weighted by molar-refractivity contribution is 7.15. The molecule has 0 N–H and O–H groups in total. The summed E-state index contributed by atoms with van der Waals surface area (Å²) in [5, 5.41) is 1.60. The molecule has 0 spiro atoms. The Morgan fingerprint density at radius 3 is 2.50 bits per heavy atom. The number of hydrogen-bond donors (Lipinski definition) is 0. The molecular weight excluding hydrogens is 465 g/mol. The van der Waals surface area contributed by atoms with Crippen molar-refractivity contribution in [2.45, 2.75) is 40.1 Å². The maximum Gasteiger partial charge on any atom is 0.416 e. The van der Waals surface area contributed by atoms with Crippen LogP contribution in [0.25, 0.3) is 21.5 Å². The fourth-order valence-electron chi connectivity index (χ4n) is 3.66. The van der Waals surface area contributed by atoms with Crippen LogP contribution in [-0.2, 0) is 28.9 Å². The highest BCUT2D eigenvalue weighted by Gasteiger charge is 2.30. The van der Waals surface area contributed by atoms with Gasteiger partial charge >= 0.3 is 12.1 Å². The minimum Gasteiger partial charge on any atom is -0.488 e. The monoisotopic (exact) mass is 488 g/mol. The lowest BCUT2D eigenvalue weighted by molar-refractivity contribution is -0.143. The molecule has 0 fully saturated rings. The summed E-state index contributed by atoms with van der Waals surface area (Å²) >= 11 is 1.39. The molecule has 0 radical (unpaired) electrons. The number of halogens is 3. The summed E-state index contributed by atoms with van der Waals surface area (Å²) in [7, 11) is 0. The Balaban J connectivity index is 1.48. The van der Waals surface area contributed by atoms with Gasteiger partial charge in [-0.05, 0) is 57.2 Å². The Labute approximate surface area is 198 Å². The number of rotatable bonds is 7. The van der Waals surface area contributed by atoms with Crippen molar-refractivity contribution in [2.24, 2.45) is 0 Å². The molecule has 0 atom stereocenters. The molecule has 0 saturated carbocycles. The van der Waals surface area contributed by atoms with Gasteiger partial charge in [-0.1, -0.05) is 12.1 Å². The van der Waals surface area contributed by atoms with Gasteiger partial charge in [-0.25, -0.2) is 4.98 Å². The normalized spacial score (nSPS) is 11.7. The van der Waals surface area contributed by atoms with Gasteiger partial charge in [0.05, 0.1) is 22.7 Å². The fourth-order valence-corrected chi connectivity index (χ4v) is 4.64. The summed E-state index contributed by atoms with van der Waals surface area (Å²) < 4.78 is 51.4. The molecule has 0 bridgehead atoms. The SMILES string of the molecule is CCOC(=O)Cn1c(C)cc2cc(OCc3sc(-c4ccc(C(F)(F)F)cc4)nc3C)ccc21. The van der Waals surface area contributed by atoms with Gasteiger partial charge in [-0.15, -0.1) is 11.3 Å². The van der Waals surface area contributed by atoms with Gasteiger partial charge in [0.1, 0.15) is 23.9 Å². The molecule has 2 aromatic heterocycles. The van der Waals surface area contributed by atoms with E-state index in [9.17, 15) is 18.0 Å². The Morgan fingerprint density at radius 1 is 1.09 bits per heavy atom. The smallest absolute Gasteiger partial charge is 0.416 e. The minimum atomic E-state index is -4.37. The molecule has 178 valence electrons. The summed E-state index contributed by atoms with van der Waals surface area (Å²) in [4.78, 5) is 17.3. The molecule has 0 aliphatic heterocycles. The van der Waals surface area contributed by atoms with Crippen molar-refractivity contribution in [3.05, 3.63) is 70.4 Å². The van der Waals surface area contributed by atoms with E-state index in [0.29, 0.717) is 22.9 Å². The summed E-state index contributed by atoms with van der Waals surface area (Å²) in [5.41, 5.74) is 2.58. The second kappa shape index (κ2) is 9.50. The van der Waals surface area contributed by atoms with Crippen molar-refractivity contribution >= 4 is 28.2 Å². The number of benzene rings is 2. The number of esters is 1. The van der Waals surface area contributed by atoms with Crippen molar-refractivity contribution in [1.82, 2.24) is 9.55 Å². The average molecular weight is 489 g/mol. The fraction of sp³-hybridized carbons (Fsp3) is 0.280. The van der Waals surface area contributed by atoms with Gasteiger partial charge in [-0.2, -0.15) is 13.2 Å². The van der Waals surface area contributed by atoms with Crippen LogP contribution < -0.4 is 4.74 Å². The number of aryl methyl sites for hydroxylation is 2. The maximum absolute atomic E-state index is 12.8. The number of ether oxygens (including phenoxy) is 2. The van der Waals surface area contributed by atoms with E-state index in [4.69, 9.17) is 9.47 Å². The zero-order valence-electron chi connectivity index (χ0n) is 18.9. The van der Waals surface area contributed by atoms with Crippen molar-refractivity contribution in [3.63, 3.8) is 0 Å². The highest BCUT2D eigenvalue weighted by atomic mass is 32.1. The molecule has 0 amide bonds. The van der Waals surface area contributed by atoms with Crippen LogP contribution in [-0.4, -0.2) is 22.1 Å². The van der Waals surface area contributed by atoms with Crippen molar-refractivity contribution in [2.75, 3.05) is 6.61 Å². The number of aromatic nitrogens is 2. The first kappa shape index (κ1) is 23.8. The molecule has 2 heterocycles. The Bertz CT molecular complexity index is 1320. The highest BCUT2D eigenvalue weighted by Crippen LogP contribution is 2.33. The molecule has 9 heteroatoms. The standard InChI is InChI=1S/C25H23F3N2O3S/c1-4-32-23(31)13-30-15(2)11-18-12-20(9-10-21(18)30)33-14-22-16(3)29-24(34-22)17-5-7-19(8-6-17)25(26,27)28/h5-12H,4,13-14H2,1-3H3. The van der Waals surface area contributed by atoms with Crippen LogP contribution in [0.15, 0.2) is 48.5 Å². The van der Waals surface area contributed by atoms with Crippen LogP contribution >= 0.6 is 11.3 Å². The largest absolute Gasteiger partial charge is 0.488 e. The Morgan fingerprint density at radius 2 is 1.82 bits per heavy atom. The van der Waals surface area contributed by atoms with Crippen LogP contribution in [0.2, 0.25) is 0 Å². The van der Waals surface area contributed by atoms with Gasteiger partial charge in [0.25, 0.3) is 0 Å². The van der Waals surface area contributed by atoms with Crippen LogP contribution in [0.5, 0.6) is 5.75 Å². The second-order valence-corrected chi connectivity index (χ2v) is 8.87. The zero-order chi connectivity index (χ0) is 24.5. The summed E-state index contributed by atoms with van der Waals surface area (Å²) in [6, 6.07) is 12.6. The number of fused-ring (bicyclic) bond motifs is 1. The van der Waals surface area contributed by atoms with Gasteiger partial charge in [0.2, 0.25) is 0 Å². The van der Waals surface area contributed by atoms with E-state index < -0.39 is 11.7 Å². The minimum absolute atomic E-state index is 0.149. The molecule has 0 saturated heterocycles. The number of carbonyl (C=O) groups excluding carboxylic acids is 1. The van der Waals surface area contributed by atoms with Gasteiger partial charge in [0.15, 0.2) is 0 Å². The molecule has 4 rings (SSSR count). The predicted molar refractivity (Wildman–Crippen MR) is 125 cm³/mol. The number of thiazole rings is 1. The van der Waals surface area contributed by atoms with Gasteiger partial charge in [-0.3, -0.25) is 4.79 Å². The first-order chi connectivity index (χ1) is 16.2. The number of hydrogen-bond acceptors (Lipinski definition) is 5. The molecule has 5 nitrogen and oxygen atoms in total. The zero-order valence-corrected chi connectivity index (χ0v) is 19.7. The summed E-state index contributed by atoms with van der Waals surface area (Å²) in [5.74, 6) is 0.387. The average Bonchev–Trinajstić information content (AvgIpc) is 3.31. The molecule has 0 unspecified atom stereocenters. The van der Waals surface area contributed by atoms with E-state index in [2.05, 4.69) is 4.98 Å². The third-order valence-corrected chi connectivity index (χ3v) is 6.57. The van der Waals surface area contributed by atoms with Crippen LogP contribution in [0.4, 0.5) is 13.2 Å².